The zero-order chi connectivity index (χ0) is 11.7. The van der Waals surface area contributed by atoms with Crippen LogP contribution < -0.4 is 11.1 Å². The van der Waals surface area contributed by atoms with Gasteiger partial charge in [-0.15, -0.1) is 5.10 Å². The lowest BCUT2D eigenvalue weighted by Crippen LogP contribution is -2.00. The first-order valence-electron chi connectivity index (χ1n) is 5.73. The fourth-order valence-corrected chi connectivity index (χ4v) is 1.60. The minimum absolute atomic E-state index is 0.526. The molecule has 0 atom stereocenters. The zero-order valence-electron chi connectivity index (χ0n) is 9.39. The smallest absolute Gasteiger partial charge is 0.315 e. The molecule has 1 heterocycles. The van der Waals surface area contributed by atoms with Gasteiger partial charge in [-0.1, -0.05) is 17.2 Å². The van der Waals surface area contributed by atoms with Gasteiger partial charge in [0.15, 0.2) is 0 Å². The number of aromatic nitrogens is 2. The predicted molar refractivity (Wildman–Crippen MR) is 64.6 cm³/mol. The molecule has 88 valence electrons. The summed E-state index contributed by atoms with van der Waals surface area (Å²) in [5, 5.41) is 11.1. The van der Waals surface area contributed by atoms with E-state index < -0.39 is 0 Å². The topological polar surface area (TPSA) is 77.0 Å². The highest BCUT2D eigenvalue weighted by Gasteiger charge is 2.23. The second kappa shape index (κ2) is 4.08. The molecule has 0 unspecified atom stereocenters. The molecule has 1 fully saturated rings. The monoisotopic (exact) mass is 230 g/mol. The summed E-state index contributed by atoms with van der Waals surface area (Å²) in [5.41, 5.74) is 7.50. The normalized spacial score (nSPS) is 14.8. The second-order valence-electron chi connectivity index (χ2n) is 4.34. The molecular formula is C12H14N4O. The highest BCUT2D eigenvalue weighted by molar-refractivity contribution is 5.39. The van der Waals surface area contributed by atoms with Crippen molar-refractivity contribution in [1.82, 2.24) is 10.2 Å². The minimum atomic E-state index is 0.526. The van der Waals surface area contributed by atoms with Gasteiger partial charge in [0.2, 0.25) is 5.89 Å². The van der Waals surface area contributed by atoms with Crippen LogP contribution in [0, 0.1) is 0 Å². The first-order chi connectivity index (χ1) is 8.29. The summed E-state index contributed by atoms with van der Waals surface area (Å²) in [4.78, 5) is 0. The van der Waals surface area contributed by atoms with Crippen LogP contribution in [0.4, 0.5) is 11.7 Å². The maximum absolute atomic E-state index is 5.62. The van der Waals surface area contributed by atoms with E-state index in [1.165, 1.54) is 12.8 Å². The number of nitrogens with zero attached hydrogens (tertiary/aromatic N) is 2. The average Bonchev–Trinajstić information content (AvgIpc) is 3.02. The maximum Gasteiger partial charge on any atom is 0.315 e. The molecule has 1 aliphatic rings. The summed E-state index contributed by atoms with van der Waals surface area (Å²) < 4.78 is 5.50. The van der Waals surface area contributed by atoms with Gasteiger partial charge in [0.1, 0.15) is 0 Å². The van der Waals surface area contributed by atoms with E-state index in [4.69, 9.17) is 10.2 Å². The van der Waals surface area contributed by atoms with Crippen LogP contribution in [0.5, 0.6) is 0 Å². The lowest BCUT2D eigenvalue weighted by atomic mass is 10.1. The zero-order valence-corrected chi connectivity index (χ0v) is 9.39. The van der Waals surface area contributed by atoms with Crippen molar-refractivity contribution < 1.29 is 4.42 Å². The Morgan fingerprint density at radius 2 is 2.00 bits per heavy atom. The van der Waals surface area contributed by atoms with Crippen LogP contribution in [0.15, 0.2) is 28.7 Å². The Morgan fingerprint density at radius 3 is 2.71 bits per heavy atom. The molecule has 0 saturated heterocycles. The standard InChI is InChI=1S/C12H14N4O/c13-9-3-1-8(2-4-9)7-11-15-16-12(17-11)14-10-5-6-10/h1-4,10H,5-7,13H2,(H,14,16). The molecule has 5 heteroatoms. The highest BCUT2D eigenvalue weighted by Crippen LogP contribution is 2.24. The average molecular weight is 230 g/mol. The summed E-state index contributed by atoms with van der Waals surface area (Å²) in [5.74, 6) is 0.623. The molecule has 1 aromatic carbocycles. The molecular weight excluding hydrogens is 216 g/mol. The van der Waals surface area contributed by atoms with Gasteiger partial charge in [0.25, 0.3) is 0 Å². The van der Waals surface area contributed by atoms with E-state index in [1.54, 1.807) is 0 Å². The fourth-order valence-electron chi connectivity index (χ4n) is 1.60. The molecule has 0 spiro atoms. The summed E-state index contributed by atoms with van der Waals surface area (Å²) in [6, 6.07) is 8.73. The number of hydrogen-bond acceptors (Lipinski definition) is 5. The van der Waals surface area contributed by atoms with E-state index in [-0.39, 0.29) is 0 Å². The van der Waals surface area contributed by atoms with Crippen molar-refractivity contribution in [3.05, 3.63) is 35.7 Å². The van der Waals surface area contributed by atoms with Gasteiger partial charge in [0, 0.05) is 11.7 Å². The largest absolute Gasteiger partial charge is 0.408 e. The minimum Gasteiger partial charge on any atom is -0.408 e. The van der Waals surface area contributed by atoms with Crippen LogP contribution in [0.25, 0.3) is 0 Å². The second-order valence-corrected chi connectivity index (χ2v) is 4.34. The van der Waals surface area contributed by atoms with Crippen molar-refractivity contribution in [1.29, 1.82) is 0 Å². The van der Waals surface area contributed by atoms with Gasteiger partial charge >= 0.3 is 6.01 Å². The Balaban J connectivity index is 1.67. The molecule has 3 N–H and O–H groups in total. The van der Waals surface area contributed by atoms with Crippen LogP contribution in [0.3, 0.4) is 0 Å². The SMILES string of the molecule is Nc1ccc(Cc2nnc(NC3CC3)o2)cc1. The Morgan fingerprint density at radius 1 is 1.24 bits per heavy atom. The number of benzene rings is 1. The molecule has 0 aliphatic heterocycles. The van der Waals surface area contributed by atoms with Crippen LogP contribution in [-0.4, -0.2) is 16.2 Å². The summed E-state index contributed by atoms with van der Waals surface area (Å²) in [6.45, 7) is 0. The fraction of sp³-hybridized carbons (Fsp3) is 0.333. The number of nitrogens with two attached hydrogens (primary N) is 1. The van der Waals surface area contributed by atoms with E-state index in [0.29, 0.717) is 24.4 Å². The Bertz CT molecular complexity index is 501. The number of anilines is 2. The Labute approximate surface area is 99.0 Å². The van der Waals surface area contributed by atoms with Gasteiger partial charge in [-0.25, -0.2) is 0 Å². The molecule has 1 aliphatic carbocycles. The highest BCUT2D eigenvalue weighted by atomic mass is 16.4. The van der Waals surface area contributed by atoms with Crippen LogP contribution >= 0.6 is 0 Å². The summed E-state index contributed by atoms with van der Waals surface area (Å²) >= 11 is 0. The third-order valence-electron chi connectivity index (χ3n) is 2.71. The Kier molecular flexibility index (Phi) is 2.44. The van der Waals surface area contributed by atoms with Gasteiger partial charge in [0.05, 0.1) is 6.42 Å². The Hall–Kier alpha value is -2.04. The van der Waals surface area contributed by atoms with E-state index in [9.17, 15) is 0 Å². The van der Waals surface area contributed by atoms with E-state index in [1.807, 2.05) is 24.3 Å². The van der Waals surface area contributed by atoms with Crippen LogP contribution in [0.2, 0.25) is 0 Å². The molecule has 0 bridgehead atoms. The van der Waals surface area contributed by atoms with Crippen LogP contribution in [-0.2, 0) is 6.42 Å². The van der Waals surface area contributed by atoms with Crippen molar-refractivity contribution in [2.24, 2.45) is 0 Å². The number of hydrogen-bond donors (Lipinski definition) is 2. The molecule has 0 amide bonds. The summed E-state index contributed by atoms with van der Waals surface area (Å²) in [6.07, 6.45) is 3.02. The molecule has 1 saturated carbocycles. The third kappa shape index (κ3) is 2.55. The van der Waals surface area contributed by atoms with Gasteiger partial charge in [-0.2, -0.15) is 0 Å². The first kappa shape index (κ1) is 10.1. The first-order valence-corrected chi connectivity index (χ1v) is 5.73. The van der Waals surface area contributed by atoms with Crippen molar-refractivity contribution in [3.63, 3.8) is 0 Å². The van der Waals surface area contributed by atoms with E-state index >= 15 is 0 Å². The molecule has 1 aromatic heterocycles. The molecule has 2 aromatic rings. The lowest BCUT2D eigenvalue weighted by Gasteiger charge is -1.98. The quantitative estimate of drug-likeness (QED) is 0.783. The third-order valence-corrected chi connectivity index (χ3v) is 2.71. The van der Waals surface area contributed by atoms with E-state index in [2.05, 4.69) is 15.5 Å². The van der Waals surface area contributed by atoms with Crippen molar-refractivity contribution >= 4 is 11.7 Å². The molecule has 5 nitrogen and oxygen atoms in total. The van der Waals surface area contributed by atoms with Gasteiger partial charge in [-0.05, 0) is 30.5 Å². The van der Waals surface area contributed by atoms with E-state index in [0.717, 1.165) is 11.3 Å². The molecule has 17 heavy (non-hydrogen) atoms. The van der Waals surface area contributed by atoms with Crippen molar-refractivity contribution in [2.75, 3.05) is 11.1 Å². The van der Waals surface area contributed by atoms with Crippen molar-refractivity contribution in [2.45, 2.75) is 25.3 Å². The lowest BCUT2D eigenvalue weighted by molar-refractivity contribution is 0.516. The van der Waals surface area contributed by atoms with Gasteiger partial charge < -0.3 is 15.5 Å². The maximum atomic E-state index is 5.62. The molecule has 3 rings (SSSR count). The van der Waals surface area contributed by atoms with Crippen LogP contribution in [0.1, 0.15) is 24.3 Å². The molecule has 0 radical (unpaired) electrons. The number of nitrogen functional groups attached to an aromatic ring is 1. The number of rotatable bonds is 4. The number of nitrogens with one attached hydrogen (secondary N) is 1. The predicted octanol–water partition coefficient (Wildman–Crippen LogP) is 1.82. The van der Waals surface area contributed by atoms with Crippen molar-refractivity contribution in [3.8, 4) is 0 Å². The summed E-state index contributed by atoms with van der Waals surface area (Å²) in [7, 11) is 0. The van der Waals surface area contributed by atoms with Gasteiger partial charge in [-0.3, -0.25) is 0 Å².